The molecule has 0 aromatic heterocycles. The summed E-state index contributed by atoms with van der Waals surface area (Å²) in [5, 5.41) is 35.7. The highest BCUT2D eigenvalue weighted by molar-refractivity contribution is 7.99. The summed E-state index contributed by atoms with van der Waals surface area (Å²) in [6, 6.07) is 7.12. The van der Waals surface area contributed by atoms with Crippen LogP contribution >= 0.6 is 11.8 Å². The lowest BCUT2D eigenvalue weighted by Gasteiger charge is -2.08. The summed E-state index contributed by atoms with van der Waals surface area (Å²) < 4.78 is 0. The molecule has 0 aliphatic carbocycles. The van der Waals surface area contributed by atoms with Crippen molar-refractivity contribution in [3.8, 4) is 6.07 Å². The molecule has 3 N–H and O–H groups in total. The number of nitrogens with zero attached hydrogens (tertiary/aromatic N) is 1. The summed E-state index contributed by atoms with van der Waals surface area (Å²) in [6.45, 7) is -0.386. The van der Waals surface area contributed by atoms with Gasteiger partial charge in [-0.1, -0.05) is 6.07 Å². The lowest BCUT2D eigenvalue weighted by atomic mass is 10.1. The van der Waals surface area contributed by atoms with E-state index in [2.05, 4.69) is 0 Å². The largest absolute Gasteiger partial charge is 0.394 e. The van der Waals surface area contributed by atoms with E-state index in [1.165, 1.54) is 11.8 Å². The molecule has 0 saturated heterocycles. The summed E-state index contributed by atoms with van der Waals surface area (Å²) in [5.74, 6) is 0.337. The average molecular weight is 239 g/mol. The van der Waals surface area contributed by atoms with E-state index in [0.717, 1.165) is 4.90 Å². The molecule has 1 rings (SSSR count). The van der Waals surface area contributed by atoms with Crippen LogP contribution in [0.1, 0.15) is 11.1 Å². The Morgan fingerprint density at radius 2 is 2.12 bits per heavy atom. The van der Waals surface area contributed by atoms with E-state index in [1.807, 2.05) is 6.07 Å². The van der Waals surface area contributed by atoms with Crippen LogP contribution in [0.5, 0.6) is 0 Å². The quantitative estimate of drug-likeness (QED) is 0.651. The van der Waals surface area contributed by atoms with Gasteiger partial charge >= 0.3 is 0 Å². The first-order valence-electron chi connectivity index (χ1n) is 4.77. The molecule has 1 aromatic rings. The van der Waals surface area contributed by atoms with Gasteiger partial charge in [-0.2, -0.15) is 5.26 Å². The summed E-state index contributed by atoms with van der Waals surface area (Å²) >= 11 is 1.31. The molecule has 0 saturated carbocycles. The zero-order valence-corrected chi connectivity index (χ0v) is 9.44. The predicted molar refractivity (Wildman–Crippen MR) is 60.9 cm³/mol. The van der Waals surface area contributed by atoms with E-state index in [1.54, 1.807) is 18.2 Å². The Hall–Kier alpha value is -1.06. The number of aliphatic hydroxyl groups is 3. The van der Waals surface area contributed by atoms with Gasteiger partial charge in [0, 0.05) is 10.6 Å². The number of rotatable bonds is 5. The Labute approximate surface area is 98.2 Å². The number of thioether (sulfide) groups is 1. The smallest absolute Gasteiger partial charge is 0.100 e. The van der Waals surface area contributed by atoms with Gasteiger partial charge in [-0.3, -0.25) is 0 Å². The first-order chi connectivity index (χ1) is 7.71. The lowest BCUT2D eigenvalue weighted by Crippen LogP contribution is -2.14. The van der Waals surface area contributed by atoms with Gasteiger partial charge < -0.3 is 15.3 Å². The molecule has 1 atom stereocenters. The minimum Gasteiger partial charge on any atom is -0.394 e. The minimum atomic E-state index is -0.783. The number of hydrogen-bond donors (Lipinski definition) is 3. The van der Waals surface area contributed by atoms with E-state index >= 15 is 0 Å². The van der Waals surface area contributed by atoms with Crippen LogP contribution in [-0.2, 0) is 6.61 Å². The third-order valence-corrected chi connectivity index (χ3v) is 3.21. The minimum absolute atomic E-state index is 0.0983. The Morgan fingerprint density at radius 1 is 1.38 bits per heavy atom. The first-order valence-corrected chi connectivity index (χ1v) is 5.75. The van der Waals surface area contributed by atoms with Crippen LogP contribution in [0.3, 0.4) is 0 Å². The SMILES string of the molecule is N#Cc1cc(CO)ccc1SCC(O)CO. The molecule has 86 valence electrons. The van der Waals surface area contributed by atoms with E-state index in [-0.39, 0.29) is 13.2 Å². The summed E-state index contributed by atoms with van der Waals surface area (Å²) in [6.07, 6.45) is -0.783. The third kappa shape index (κ3) is 3.51. The molecule has 0 bridgehead atoms. The fourth-order valence-electron chi connectivity index (χ4n) is 1.13. The number of aliphatic hydroxyl groups excluding tert-OH is 3. The highest BCUT2D eigenvalue weighted by atomic mass is 32.2. The van der Waals surface area contributed by atoms with Crippen molar-refractivity contribution in [2.45, 2.75) is 17.6 Å². The second kappa shape index (κ2) is 6.51. The zero-order valence-electron chi connectivity index (χ0n) is 8.63. The van der Waals surface area contributed by atoms with Crippen molar-refractivity contribution >= 4 is 11.8 Å². The van der Waals surface area contributed by atoms with Crippen molar-refractivity contribution in [3.63, 3.8) is 0 Å². The molecule has 5 heteroatoms. The maximum atomic E-state index is 9.19. The van der Waals surface area contributed by atoms with Gasteiger partial charge in [0.25, 0.3) is 0 Å². The van der Waals surface area contributed by atoms with Gasteiger partial charge in [0.15, 0.2) is 0 Å². The number of nitriles is 1. The standard InChI is InChI=1S/C11H13NO3S/c12-4-9-3-8(5-13)1-2-11(9)16-7-10(15)6-14/h1-3,10,13-15H,5-7H2. The normalized spacial score (nSPS) is 12.1. The van der Waals surface area contributed by atoms with E-state index in [4.69, 9.17) is 15.5 Å². The van der Waals surface area contributed by atoms with Crippen LogP contribution < -0.4 is 0 Å². The van der Waals surface area contributed by atoms with Crippen LogP contribution in [-0.4, -0.2) is 33.8 Å². The fraction of sp³-hybridized carbons (Fsp3) is 0.364. The van der Waals surface area contributed by atoms with Gasteiger partial charge in [-0.25, -0.2) is 0 Å². The van der Waals surface area contributed by atoms with Crippen LogP contribution in [0, 0.1) is 11.3 Å². The van der Waals surface area contributed by atoms with Gasteiger partial charge in [0.1, 0.15) is 6.07 Å². The predicted octanol–water partition coefficient (Wildman–Crippen LogP) is 0.496. The number of benzene rings is 1. The van der Waals surface area contributed by atoms with Crippen molar-refractivity contribution in [1.29, 1.82) is 5.26 Å². The molecule has 4 nitrogen and oxygen atoms in total. The summed E-state index contributed by atoms with van der Waals surface area (Å²) in [5.41, 5.74) is 1.16. The second-order valence-electron chi connectivity index (χ2n) is 3.25. The average Bonchev–Trinajstić information content (AvgIpc) is 2.35. The topological polar surface area (TPSA) is 84.5 Å². The Kier molecular flexibility index (Phi) is 5.29. The van der Waals surface area contributed by atoms with Gasteiger partial charge in [0.2, 0.25) is 0 Å². The molecule has 0 fully saturated rings. The first kappa shape index (κ1) is 13.0. The molecule has 0 aliphatic heterocycles. The summed E-state index contributed by atoms with van der Waals surface area (Å²) in [7, 11) is 0. The molecular formula is C11H13NO3S. The Bertz CT molecular complexity index is 389. The molecular weight excluding hydrogens is 226 g/mol. The highest BCUT2D eigenvalue weighted by Crippen LogP contribution is 2.24. The molecule has 16 heavy (non-hydrogen) atoms. The third-order valence-electron chi connectivity index (χ3n) is 1.99. The second-order valence-corrected chi connectivity index (χ2v) is 4.31. The van der Waals surface area contributed by atoms with Gasteiger partial charge in [0.05, 0.1) is 24.9 Å². The van der Waals surface area contributed by atoms with Crippen LogP contribution in [0.25, 0.3) is 0 Å². The van der Waals surface area contributed by atoms with Crippen molar-refractivity contribution in [3.05, 3.63) is 29.3 Å². The van der Waals surface area contributed by atoms with Gasteiger partial charge in [-0.15, -0.1) is 11.8 Å². The number of hydrogen-bond acceptors (Lipinski definition) is 5. The molecule has 0 spiro atoms. The lowest BCUT2D eigenvalue weighted by molar-refractivity contribution is 0.113. The molecule has 1 aromatic carbocycles. The van der Waals surface area contributed by atoms with Crippen molar-refractivity contribution in [2.75, 3.05) is 12.4 Å². The van der Waals surface area contributed by atoms with Crippen LogP contribution in [0.4, 0.5) is 0 Å². The molecule has 0 radical (unpaired) electrons. The van der Waals surface area contributed by atoms with Crippen LogP contribution in [0.15, 0.2) is 23.1 Å². The Balaban J connectivity index is 2.77. The van der Waals surface area contributed by atoms with Crippen LogP contribution in [0.2, 0.25) is 0 Å². The van der Waals surface area contributed by atoms with Crippen molar-refractivity contribution in [2.24, 2.45) is 0 Å². The van der Waals surface area contributed by atoms with Crippen molar-refractivity contribution < 1.29 is 15.3 Å². The molecule has 0 amide bonds. The maximum absolute atomic E-state index is 9.19. The van der Waals surface area contributed by atoms with E-state index in [9.17, 15) is 5.11 Å². The summed E-state index contributed by atoms with van der Waals surface area (Å²) in [4.78, 5) is 0.743. The zero-order chi connectivity index (χ0) is 12.0. The van der Waals surface area contributed by atoms with E-state index in [0.29, 0.717) is 16.9 Å². The monoisotopic (exact) mass is 239 g/mol. The molecule has 0 aliphatic rings. The molecule has 1 unspecified atom stereocenters. The highest BCUT2D eigenvalue weighted by Gasteiger charge is 2.07. The molecule has 0 heterocycles. The maximum Gasteiger partial charge on any atom is 0.100 e. The fourth-order valence-corrected chi connectivity index (χ4v) is 2.03. The van der Waals surface area contributed by atoms with Gasteiger partial charge in [-0.05, 0) is 17.7 Å². The Morgan fingerprint density at radius 3 is 2.69 bits per heavy atom. The van der Waals surface area contributed by atoms with E-state index < -0.39 is 6.10 Å². The van der Waals surface area contributed by atoms with Crippen molar-refractivity contribution in [1.82, 2.24) is 0 Å².